The second-order valence-electron chi connectivity index (χ2n) is 3.85. The molecule has 0 fully saturated rings. The van der Waals surface area contributed by atoms with E-state index >= 15 is 0 Å². The maximum atomic E-state index is 11.3. The minimum atomic E-state index is 0.0115. The Morgan fingerprint density at radius 3 is 2.81 bits per heavy atom. The molecule has 2 rings (SSSR count). The van der Waals surface area contributed by atoms with E-state index in [1.165, 1.54) is 5.56 Å². The van der Waals surface area contributed by atoms with Gasteiger partial charge < -0.3 is 0 Å². The molecule has 0 saturated heterocycles. The van der Waals surface area contributed by atoms with Gasteiger partial charge in [0.1, 0.15) is 5.78 Å². The van der Waals surface area contributed by atoms with E-state index in [4.69, 9.17) is 0 Å². The second-order valence-corrected chi connectivity index (χ2v) is 3.85. The van der Waals surface area contributed by atoms with Gasteiger partial charge in [0, 0.05) is 24.9 Å². The van der Waals surface area contributed by atoms with Crippen molar-refractivity contribution in [2.24, 2.45) is 0 Å². The van der Waals surface area contributed by atoms with Crippen LogP contribution in [0.1, 0.15) is 32.0 Å². The minimum Gasteiger partial charge on any atom is -0.298 e. The third kappa shape index (κ3) is 2.67. The van der Waals surface area contributed by atoms with Gasteiger partial charge in [0.15, 0.2) is 0 Å². The highest BCUT2D eigenvalue weighted by atomic mass is 16.1. The van der Waals surface area contributed by atoms with E-state index in [-0.39, 0.29) is 11.8 Å². The van der Waals surface area contributed by atoms with Crippen molar-refractivity contribution in [3.8, 4) is 0 Å². The maximum absolute atomic E-state index is 11.3. The van der Waals surface area contributed by atoms with Crippen LogP contribution in [0.4, 0.5) is 0 Å². The Balaban J connectivity index is 0.000000606. The summed E-state index contributed by atoms with van der Waals surface area (Å²) in [6.45, 7) is 6.47. The molecule has 88 valence electrons. The Bertz CT molecular complexity index is 363. The number of carbonyl (C=O) groups excluding carboxylic acids is 1. The van der Waals surface area contributed by atoms with E-state index < -0.39 is 0 Å². The molecule has 2 heterocycles. The molecule has 0 aliphatic carbocycles. The van der Waals surface area contributed by atoms with Crippen LogP contribution in [0.5, 0.6) is 0 Å². The molecule has 0 radical (unpaired) electrons. The number of fused-ring (bicyclic) bond motifs is 1. The third-order valence-corrected chi connectivity index (χ3v) is 2.79. The van der Waals surface area contributed by atoms with Gasteiger partial charge in [0.05, 0.1) is 6.04 Å². The molecular weight excluding hydrogens is 200 g/mol. The summed E-state index contributed by atoms with van der Waals surface area (Å²) in [5, 5.41) is 0. The Morgan fingerprint density at radius 1 is 1.50 bits per heavy atom. The molecule has 3 heteroatoms. The molecule has 1 atom stereocenters. The van der Waals surface area contributed by atoms with Gasteiger partial charge in [-0.1, -0.05) is 19.9 Å². The summed E-state index contributed by atoms with van der Waals surface area (Å²) in [4.78, 5) is 17.7. The molecule has 0 amide bonds. The SMILES string of the molecule is CC.CC(=O)C1Cc2ncccc2CN1C. The maximum Gasteiger partial charge on any atom is 0.147 e. The van der Waals surface area contributed by atoms with Crippen molar-refractivity contribution in [3.63, 3.8) is 0 Å². The number of likely N-dealkylation sites (N-methyl/N-ethyl adjacent to an activating group) is 1. The highest BCUT2D eigenvalue weighted by Gasteiger charge is 2.26. The van der Waals surface area contributed by atoms with E-state index in [1.807, 2.05) is 27.0 Å². The summed E-state index contributed by atoms with van der Waals surface area (Å²) < 4.78 is 0. The normalized spacial score (nSPS) is 19.4. The monoisotopic (exact) mass is 220 g/mol. The lowest BCUT2D eigenvalue weighted by Crippen LogP contribution is -2.42. The van der Waals surface area contributed by atoms with Gasteiger partial charge in [-0.3, -0.25) is 14.7 Å². The number of hydrogen-bond acceptors (Lipinski definition) is 3. The number of nitrogens with zero attached hydrogens (tertiary/aromatic N) is 2. The molecule has 0 spiro atoms. The smallest absolute Gasteiger partial charge is 0.147 e. The van der Waals surface area contributed by atoms with Crippen molar-refractivity contribution < 1.29 is 4.79 Å². The molecule has 3 nitrogen and oxygen atoms in total. The average Bonchev–Trinajstić information content (AvgIpc) is 2.30. The predicted molar refractivity (Wildman–Crippen MR) is 65.2 cm³/mol. The minimum absolute atomic E-state index is 0.0115. The van der Waals surface area contributed by atoms with Crippen molar-refractivity contribution in [1.82, 2.24) is 9.88 Å². The first kappa shape index (κ1) is 12.8. The molecule has 1 unspecified atom stereocenters. The lowest BCUT2D eigenvalue weighted by atomic mass is 9.97. The fourth-order valence-electron chi connectivity index (χ4n) is 1.97. The predicted octanol–water partition coefficient (Wildman–Crippen LogP) is 2.05. The molecule has 1 aliphatic heterocycles. The van der Waals surface area contributed by atoms with Gasteiger partial charge in [-0.25, -0.2) is 0 Å². The van der Waals surface area contributed by atoms with Crippen LogP contribution in [0.3, 0.4) is 0 Å². The number of aromatic nitrogens is 1. The zero-order valence-corrected chi connectivity index (χ0v) is 10.5. The van der Waals surface area contributed by atoms with Crippen LogP contribution in [-0.4, -0.2) is 28.8 Å². The van der Waals surface area contributed by atoms with Crippen molar-refractivity contribution in [2.45, 2.75) is 39.8 Å². The van der Waals surface area contributed by atoms with Crippen LogP contribution in [0, 0.1) is 0 Å². The lowest BCUT2D eigenvalue weighted by Gasteiger charge is -2.31. The van der Waals surface area contributed by atoms with Gasteiger partial charge >= 0.3 is 0 Å². The zero-order chi connectivity index (χ0) is 12.1. The number of rotatable bonds is 1. The third-order valence-electron chi connectivity index (χ3n) is 2.79. The van der Waals surface area contributed by atoms with Crippen LogP contribution in [-0.2, 0) is 17.8 Å². The molecule has 1 aromatic rings. The van der Waals surface area contributed by atoms with Gasteiger partial charge in [0.25, 0.3) is 0 Å². The van der Waals surface area contributed by atoms with Crippen molar-refractivity contribution in [3.05, 3.63) is 29.6 Å². The van der Waals surface area contributed by atoms with E-state index in [0.717, 1.165) is 18.7 Å². The van der Waals surface area contributed by atoms with Gasteiger partial charge in [0.2, 0.25) is 0 Å². The van der Waals surface area contributed by atoms with E-state index in [2.05, 4.69) is 16.0 Å². The second kappa shape index (κ2) is 5.75. The van der Waals surface area contributed by atoms with Crippen molar-refractivity contribution in [2.75, 3.05) is 7.05 Å². The van der Waals surface area contributed by atoms with Gasteiger partial charge in [-0.15, -0.1) is 0 Å². The Hall–Kier alpha value is -1.22. The zero-order valence-electron chi connectivity index (χ0n) is 10.5. The first-order valence-electron chi connectivity index (χ1n) is 5.82. The number of Topliss-reactive ketones (excluding diaryl/α,β-unsaturated/α-hetero) is 1. The fourth-order valence-corrected chi connectivity index (χ4v) is 1.97. The molecule has 0 saturated carbocycles. The van der Waals surface area contributed by atoms with Crippen molar-refractivity contribution >= 4 is 5.78 Å². The number of carbonyl (C=O) groups is 1. The molecule has 1 aromatic heterocycles. The first-order chi connectivity index (χ1) is 7.68. The van der Waals surface area contributed by atoms with E-state index in [0.29, 0.717) is 0 Å². The quantitative estimate of drug-likeness (QED) is 0.726. The topological polar surface area (TPSA) is 33.2 Å². The van der Waals surface area contributed by atoms with Crippen LogP contribution >= 0.6 is 0 Å². The number of ketones is 1. The van der Waals surface area contributed by atoms with E-state index in [1.54, 1.807) is 13.1 Å². The highest BCUT2D eigenvalue weighted by molar-refractivity contribution is 5.82. The van der Waals surface area contributed by atoms with Gasteiger partial charge in [-0.2, -0.15) is 0 Å². The van der Waals surface area contributed by atoms with Gasteiger partial charge in [-0.05, 0) is 25.6 Å². The summed E-state index contributed by atoms with van der Waals surface area (Å²) in [7, 11) is 1.99. The average molecular weight is 220 g/mol. The molecule has 1 aliphatic rings. The Morgan fingerprint density at radius 2 is 2.19 bits per heavy atom. The highest BCUT2D eigenvalue weighted by Crippen LogP contribution is 2.20. The summed E-state index contributed by atoms with van der Waals surface area (Å²) in [6, 6.07) is 4.04. The van der Waals surface area contributed by atoms with Crippen LogP contribution in [0.25, 0.3) is 0 Å². The van der Waals surface area contributed by atoms with Crippen molar-refractivity contribution in [1.29, 1.82) is 0 Å². The fraction of sp³-hybridized carbons (Fsp3) is 0.538. The lowest BCUT2D eigenvalue weighted by molar-refractivity contribution is -0.122. The standard InChI is InChI=1S/C11H14N2O.C2H6/c1-8(14)11-6-10-9(7-13(11)2)4-3-5-12-10;1-2/h3-5,11H,6-7H2,1-2H3;1-2H3. The van der Waals surface area contributed by atoms with Crippen LogP contribution in [0.2, 0.25) is 0 Å². The Labute approximate surface area is 97.5 Å². The van der Waals surface area contributed by atoms with E-state index in [9.17, 15) is 4.79 Å². The largest absolute Gasteiger partial charge is 0.298 e. The molecule has 0 aromatic carbocycles. The molecule has 16 heavy (non-hydrogen) atoms. The summed E-state index contributed by atoms with van der Waals surface area (Å²) in [6.07, 6.45) is 2.54. The summed E-state index contributed by atoms with van der Waals surface area (Å²) >= 11 is 0. The number of pyridine rings is 1. The molecule has 0 bridgehead atoms. The molecule has 0 N–H and O–H groups in total. The summed E-state index contributed by atoms with van der Waals surface area (Å²) in [5.74, 6) is 0.226. The van der Waals surface area contributed by atoms with Crippen LogP contribution < -0.4 is 0 Å². The Kier molecular flexibility index (Phi) is 4.62. The number of hydrogen-bond donors (Lipinski definition) is 0. The molecular formula is C13H20N2O. The first-order valence-corrected chi connectivity index (χ1v) is 5.82. The van der Waals surface area contributed by atoms with Crippen LogP contribution in [0.15, 0.2) is 18.3 Å². The summed E-state index contributed by atoms with van der Waals surface area (Å²) in [5.41, 5.74) is 2.32.